The van der Waals surface area contributed by atoms with Gasteiger partial charge in [-0.2, -0.15) is 5.10 Å². The second-order valence-corrected chi connectivity index (χ2v) is 7.20. The van der Waals surface area contributed by atoms with Crippen molar-refractivity contribution < 1.29 is 4.79 Å². The zero-order chi connectivity index (χ0) is 15.4. The molecule has 2 aromatic rings. The van der Waals surface area contributed by atoms with Gasteiger partial charge in [0.2, 0.25) is 5.91 Å². The van der Waals surface area contributed by atoms with Crippen LogP contribution >= 0.6 is 23.1 Å². The van der Waals surface area contributed by atoms with Crippen LogP contribution in [0, 0.1) is 20.8 Å². The molecule has 2 rings (SSSR count). The van der Waals surface area contributed by atoms with Crippen molar-refractivity contribution in [3.63, 3.8) is 0 Å². The molecular formula is C14H20N4OS2. The molecule has 0 saturated carbocycles. The van der Waals surface area contributed by atoms with Gasteiger partial charge in [0.25, 0.3) is 0 Å². The fraction of sp³-hybridized carbons (Fsp3) is 0.500. The van der Waals surface area contributed by atoms with Crippen LogP contribution in [-0.4, -0.2) is 32.5 Å². The van der Waals surface area contributed by atoms with E-state index in [1.165, 1.54) is 11.8 Å². The Balaban J connectivity index is 1.78. The minimum Gasteiger partial charge on any atom is -0.351 e. The number of hydrogen-bond donors (Lipinski definition) is 1. The molecule has 0 radical (unpaired) electrons. The largest absolute Gasteiger partial charge is 0.351 e. The molecule has 7 heteroatoms. The first-order valence-electron chi connectivity index (χ1n) is 6.79. The minimum absolute atomic E-state index is 0.0295. The van der Waals surface area contributed by atoms with E-state index >= 15 is 0 Å². The zero-order valence-corrected chi connectivity index (χ0v) is 14.3. The van der Waals surface area contributed by atoms with Crippen molar-refractivity contribution >= 4 is 29.0 Å². The number of nitrogens with zero attached hydrogens (tertiary/aromatic N) is 3. The van der Waals surface area contributed by atoms with Crippen molar-refractivity contribution in [2.45, 2.75) is 44.6 Å². The van der Waals surface area contributed by atoms with Gasteiger partial charge in [0.1, 0.15) is 0 Å². The van der Waals surface area contributed by atoms with E-state index < -0.39 is 0 Å². The number of carbonyl (C=O) groups excluding carboxylic acids is 1. The second-order valence-electron chi connectivity index (χ2n) is 5.12. The highest BCUT2D eigenvalue weighted by Gasteiger charge is 2.11. The molecule has 0 spiro atoms. The van der Waals surface area contributed by atoms with Crippen LogP contribution in [0.2, 0.25) is 0 Å². The lowest BCUT2D eigenvalue weighted by atomic mass is 10.3. The average Bonchev–Trinajstić information content (AvgIpc) is 2.93. The lowest BCUT2D eigenvalue weighted by Gasteiger charge is -2.14. The molecule has 1 N–H and O–H groups in total. The summed E-state index contributed by atoms with van der Waals surface area (Å²) in [5, 5.41) is 9.40. The predicted octanol–water partition coefficient (Wildman–Crippen LogP) is 2.56. The third-order valence-corrected chi connectivity index (χ3v) is 5.02. The smallest absolute Gasteiger partial charge is 0.230 e. The van der Waals surface area contributed by atoms with E-state index in [0.717, 1.165) is 21.4 Å². The maximum absolute atomic E-state index is 11.9. The van der Waals surface area contributed by atoms with Gasteiger partial charge in [-0.25, -0.2) is 4.98 Å². The topological polar surface area (TPSA) is 59.8 Å². The zero-order valence-electron chi connectivity index (χ0n) is 12.7. The number of thioether (sulfide) groups is 1. The second kappa shape index (κ2) is 7.09. The van der Waals surface area contributed by atoms with Crippen LogP contribution in [0.3, 0.4) is 0 Å². The van der Waals surface area contributed by atoms with E-state index in [2.05, 4.69) is 15.4 Å². The molecule has 1 atom stereocenters. The van der Waals surface area contributed by atoms with E-state index in [-0.39, 0.29) is 11.9 Å². The Kier molecular flexibility index (Phi) is 5.41. The maximum atomic E-state index is 11.9. The normalized spacial score (nSPS) is 12.4. The monoisotopic (exact) mass is 324 g/mol. The van der Waals surface area contributed by atoms with Crippen LogP contribution in [0.1, 0.15) is 24.0 Å². The summed E-state index contributed by atoms with van der Waals surface area (Å²) in [5.41, 5.74) is 3.11. The summed E-state index contributed by atoms with van der Waals surface area (Å²) in [5.74, 6) is 0.427. The summed E-state index contributed by atoms with van der Waals surface area (Å²) < 4.78 is 2.87. The Labute approximate surface area is 133 Å². The van der Waals surface area contributed by atoms with Crippen molar-refractivity contribution in [3.8, 4) is 0 Å². The molecule has 0 unspecified atom stereocenters. The highest BCUT2D eigenvalue weighted by Crippen LogP contribution is 2.21. The molecule has 1 amide bonds. The van der Waals surface area contributed by atoms with Crippen molar-refractivity contribution in [2.24, 2.45) is 0 Å². The van der Waals surface area contributed by atoms with E-state index in [1.807, 2.05) is 43.8 Å². The molecule has 0 fully saturated rings. The molecule has 0 aliphatic carbocycles. The van der Waals surface area contributed by atoms with Gasteiger partial charge in [-0.05, 0) is 33.8 Å². The first-order chi connectivity index (χ1) is 9.94. The number of carbonyl (C=O) groups is 1. The predicted molar refractivity (Wildman–Crippen MR) is 86.9 cm³/mol. The Bertz CT molecular complexity index is 620. The molecule has 5 nitrogen and oxygen atoms in total. The summed E-state index contributed by atoms with van der Waals surface area (Å²) in [6.45, 7) is 8.63. The summed E-state index contributed by atoms with van der Waals surface area (Å²) in [6.07, 6.45) is 0. The standard InChI is InChI=1S/C14H20N4OS2/c1-9-5-12(4)18(17-9)6-10(2)15-13(19)8-21-14-16-11(3)7-20-14/h5,7,10H,6,8H2,1-4H3,(H,15,19)/t10-/m1/s1. The van der Waals surface area contributed by atoms with Crippen LogP contribution in [0.4, 0.5) is 0 Å². The molecule has 0 aliphatic rings. The Morgan fingerprint density at radius 1 is 1.43 bits per heavy atom. The van der Waals surface area contributed by atoms with E-state index in [4.69, 9.17) is 0 Å². The number of thiazole rings is 1. The number of amides is 1. The third kappa shape index (κ3) is 4.86. The molecule has 2 aromatic heterocycles. The lowest BCUT2D eigenvalue weighted by Crippen LogP contribution is -2.37. The quantitative estimate of drug-likeness (QED) is 0.830. The van der Waals surface area contributed by atoms with Crippen molar-refractivity contribution in [1.82, 2.24) is 20.1 Å². The van der Waals surface area contributed by atoms with Gasteiger partial charge in [-0.15, -0.1) is 11.3 Å². The van der Waals surface area contributed by atoms with Crippen molar-refractivity contribution in [1.29, 1.82) is 0 Å². The summed E-state index contributed by atoms with van der Waals surface area (Å²) in [6, 6.07) is 2.09. The summed E-state index contributed by atoms with van der Waals surface area (Å²) in [4.78, 5) is 16.3. The van der Waals surface area contributed by atoms with Gasteiger partial charge >= 0.3 is 0 Å². The Hall–Kier alpha value is -1.34. The van der Waals surface area contributed by atoms with Crippen LogP contribution < -0.4 is 5.32 Å². The number of aryl methyl sites for hydroxylation is 3. The lowest BCUT2D eigenvalue weighted by molar-refractivity contribution is -0.119. The molecule has 21 heavy (non-hydrogen) atoms. The third-order valence-electron chi connectivity index (χ3n) is 2.88. The Morgan fingerprint density at radius 2 is 2.19 bits per heavy atom. The highest BCUT2D eigenvalue weighted by molar-refractivity contribution is 8.01. The Morgan fingerprint density at radius 3 is 2.76 bits per heavy atom. The van der Waals surface area contributed by atoms with E-state index in [0.29, 0.717) is 12.3 Å². The molecule has 0 saturated heterocycles. The van der Waals surface area contributed by atoms with Crippen LogP contribution in [0.5, 0.6) is 0 Å². The van der Waals surface area contributed by atoms with Gasteiger partial charge in [0.15, 0.2) is 4.34 Å². The van der Waals surface area contributed by atoms with Gasteiger partial charge in [0.05, 0.1) is 18.0 Å². The summed E-state index contributed by atoms with van der Waals surface area (Å²) in [7, 11) is 0. The SMILES string of the molecule is Cc1csc(SCC(=O)N[C@H](C)Cn2nc(C)cc2C)n1. The fourth-order valence-corrected chi connectivity index (χ4v) is 3.67. The fourth-order valence-electron chi connectivity index (χ4n) is 2.01. The van der Waals surface area contributed by atoms with Crippen LogP contribution in [0.15, 0.2) is 15.8 Å². The number of aromatic nitrogens is 3. The number of hydrogen-bond acceptors (Lipinski definition) is 5. The van der Waals surface area contributed by atoms with Crippen LogP contribution in [0.25, 0.3) is 0 Å². The van der Waals surface area contributed by atoms with Crippen molar-refractivity contribution in [2.75, 3.05) is 5.75 Å². The molecule has 0 bridgehead atoms. The molecule has 0 aliphatic heterocycles. The molecule has 2 heterocycles. The highest BCUT2D eigenvalue weighted by atomic mass is 32.2. The molecular weight excluding hydrogens is 304 g/mol. The van der Waals surface area contributed by atoms with E-state index in [9.17, 15) is 4.79 Å². The van der Waals surface area contributed by atoms with Gasteiger partial charge in [0, 0.05) is 22.8 Å². The number of nitrogens with one attached hydrogen (secondary N) is 1. The number of rotatable bonds is 6. The summed E-state index contributed by atoms with van der Waals surface area (Å²) >= 11 is 3.05. The molecule has 0 aromatic carbocycles. The first-order valence-corrected chi connectivity index (χ1v) is 8.66. The minimum atomic E-state index is 0.0295. The van der Waals surface area contributed by atoms with Gasteiger partial charge < -0.3 is 5.32 Å². The van der Waals surface area contributed by atoms with Gasteiger partial charge in [-0.3, -0.25) is 9.48 Å². The van der Waals surface area contributed by atoms with Gasteiger partial charge in [-0.1, -0.05) is 11.8 Å². The maximum Gasteiger partial charge on any atom is 0.230 e. The average molecular weight is 324 g/mol. The molecule has 114 valence electrons. The van der Waals surface area contributed by atoms with E-state index in [1.54, 1.807) is 11.3 Å². The first kappa shape index (κ1) is 16.0. The van der Waals surface area contributed by atoms with Crippen molar-refractivity contribution in [3.05, 3.63) is 28.5 Å². The van der Waals surface area contributed by atoms with Crippen LogP contribution in [-0.2, 0) is 11.3 Å².